The van der Waals surface area contributed by atoms with Gasteiger partial charge in [-0.1, -0.05) is 50.8 Å². The minimum absolute atomic E-state index is 0.00996. The van der Waals surface area contributed by atoms with Crippen molar-refractivity contribution < 1.29 is 0 Å². The minimum Gasteiger partial charge on any atom is -0.192 e. The molecule has 0 amide bonds. The topological polar surface area (TPSA) is 23.8 Å². The molecular formula is C19H17N. The van der Waals surface area contributed by atoms with Crippen molar-refractivity contribution in [3.05, 3.63) is 70.8 Å². The van der Waals surface area contributed by atoms with Crippen molar-refractivity contribution >= 4 is 0 Å². The number of benzene rings is 2. The van der Waals surface area contributed by atoms with Gasteiger partial charge in [-0.3, -0.25) is 0 Å². The average Bonchev–Trinajstić information content (AvgIpc) is 2.45. The first kappa shape index (κ1) is 13.9. The monoisotopic (exact) mass is 259 g/mol. The predicted octanol–water partition coefficient (Wildman–Crippen LogP) is 4.26. The molecule has 0 heterocycles. The average molecular weight is 259 g/mol. The van der Waals surface area contributed by atoms with Crippen LogP contribution in [-0.4, -0.2) is 0 Å². The summed E-state index contributed by atoms with van der Waals surface area (Å²) in [5.74, 6) is 6.28. The van der Waals surface area contributed by atoms with Crippen LogP contribution in [0, 0.1) is 23.2 Å². The molecule has 1 nitrogen and oxygen atoms in total. The van der Waals surface area contributed by atoms with E-state index in [-0.39, 0.29) is 5.41 Å². The van der Waals surface area contributed by atoms with Crippen molar-refractivity contribution in [2.24, 2.45) is 0 Å². The molecule has 2 rings (SSSR count). The third-order valence-electron chi connectivity index (χ3n) is 3.05. The fourth-order valence-electron chi connectivity index (χ4n) is 1.86. The normalized spacial score (nSPS) is 10.3. The molecule has 0 aromatic heterocycles. The van der Waals surface area contributed by atoms with Gasteiger partial charge in [0.05, 0.1) is 11.6 Å². The predicted molar refractivity (Wildman–Crippen MR) is 82.3 cm³/mol. The Morgan fingerprint density at radius 2 is 1.40 bits per heavy atom. The zero-order chi connectivity index (χ0) is 14.6. The summed E-state index contributed by atoms with van der Waals surface area (Å²) in [7, 11) is 0. The highest BCUT2D eigenvalue weighted by Gasteiger charge is 2.14. The number of hydrogen-bond donors (Lipinski definition) is 0. The molecule has 0 saturated heterocycles. The van der Waals surface area contributed by atoms with Crippen LogP contribution in [-0.2, 0) is 5.41 Å². The highest BCUT2D eigenvalue weighted by atomic mass is 14.2. The number of rotatable bonds is 0. The van der Waals surface area contributed by atoms with Crippen LogP contribution < -0.4 is 0 Å². The summed E-state index contributed by atoms with van der Waals surface area (Å²) in [6.45, 7) is 6.41. The zero-order valence-corrected chi connectivity index (χ0v) is 12.1. The lowest BCUT2D eigenvalue weighted by molar-refractivity contribution is 0.590. The van der Waals surface area contributed by atoms with Crippen molar-refractivity contribution in [2.75, 3.05) is 0 Å². The van der Waals surface area contributed by atoms with Gasteiger partial charge in [-0.05, 0) is 41.3 Å². The van der Waals surface area contributed by atoms with E-state index in [2.05, 4.69) is 44.7 Å². The van der Waals surface area contributed by atoms with Gasteiger partial charge in [-0.25, -0.2) is 0 Å². The Morgan fingerprint density at radius 3 is 2.00 bits per heavy atom. The van der Waals surface area contributed by atoms with Gasteiger partial charge < -0.3 is 0 Å². The van der Waals surface area contributed by atoms with E-state index in [1.54, 1.807) is 0 Å². The first-order chi connectivity index (χ1) is 9.49. The molecule has 1 heteroatoms. The molecule has 98 valence electrons. The van der Waals surface area contributed by atoms with Gasteiger partial charge in [0.25, 0.3) is 0 Å². The second-order valence-corrected chi connectivity index (χ2v) is 5.78. The molecule has 2 aromatic carbocycles. The molecule has 0 fully saturated rings. The first-order valence-electron chi connectivity index (χ1n) is 6.62. The van der Waals surface area contributed by atoms with Crippen LogP contribution in [0.15, 0.2) is 48.5 Å². The Hall–Kier alpha value is -2.51. The molecule has 0 spiro atoms. The van der Waals surface area contributed by atoms with E-state index in [0.717, 1.165) is 16.7 Å². The summed E-state index contributed by atoms with van der Waals surface area (Å²) in [6.07, 6.45) is 0. The lowest BCUT2D eigenvalue weighted by Crippen LogP contribution is -2.11. The van der Waals surface area contributed by atoms with Gasteiger partial charge in [0, 0.05) is 11.1 Å². The smallest absolute Gasteiger partial charge is 0.0992 e. The largest absolute Gasteiger partial charge is 0.192 e. The molecule has 0 radical (unpaired) electrons. The minimum atomic E-state index is 0.00996. The van der Waals surface area contributed by atoms with Gasteiger partial charge in [0.2, 0.25) is 0 Å². The van der Waals surface area contributed by atoms with Crippen LogP contribution in [0.2, 0.25) is 0 Å². The highest BCUT2D eigenvalue weighted by molar-refractivity contribution is 5.49. The second-order valence-electron chi connectivity index (χ2n) is 5.78. The van der Waals surface area contributed by atoms with Gasteiger partial charge in [0.15, 0.2) is 0 Å². The molecule has 0 atom stereocenters. The van der Waals surface area contributed by atoms with Crippen LogP contribution in [0.1, 0.15) is 43.0 Å². The Kier molecular flexibility index (Phi) is 3.92. The fourth-order valence-corrected chi connectivity index (χ4v) is 1.86. The van der Waals surface area contributed by atoms with Crippen LogP contribution >= 0.6 is 0 Å². The third kappa shape index (κ3) is 3.50. The summed E-state index contributed by atoms with van der Waals surface area (Å²) >= 11 is 0. The van der Waals surface area contributed by atoms with Crippen molar-refractivity contribution in [1.82, 2.24) is 0 Å². The maximum absolute atomic E-state index is 9.14. The molecule has 2 aromatic rings. The van der Waals surface area contributed by atoms with Crippen LogP contribution in [0.3, 0.4) is 0 Å². The van der Waals surface area contributed by atoms with Crippen molar-refractivity contribution in [1.29, 1.82) is 5.26 Å². The standard InChI is InChI=1S/C19H17N/c1-19(2,3)18-12-16(11-17(13-18)14-20)10-9-15-7-5-4-6-8-15/h4-8,11-13H,1-3H3. The summed E-state index contributed by atoms with van der Waals surface area (Å²) in [4.78, 5) is 0. The molecule has 20 heavy (non-hydrogen) atoms. The van der Waals surface area contributed by atoms with E-state index in [0.29, 0.717) is 5.56 Å². The SMILES string of the molecule is CC(C)(C)c1cc(C#N)cc(C#Cc2ccccc2)c1. The number of nitrogens with zero attached hydrogens (tertiary/aromatic N) is 1. The van der Waals surface area contributed by atoms with Crippen molar-refractivity contribution in [3.63, 3.8) is 0 Å². The molecule has 0 N–H and O–H groups in total. The zero-order valence-electron chi connectivity index (χ0n) is 12.1. The quantitative estimate of drug-likeness (QED) is 0.649. The molecule has 0 aliphatic carbocycles. The van der Waals surface area contributed by atoms with Crippen LogP contribution in [0.4, 0.5) is 0 Å². The second kappa shape index (κ2) is 5.64. The summed E-state index contributed by atoms with van der Waals surface area (Å²) < 4.78 is 0. The number of hydrogen-bond acceptors (Lipinski definition) is 1. The Bertz CT molecular complexity index is 701. The van der Waals surface area contributed by atoms with Gasteiger partial charge >= 0.3 is 0 Å². The molecule has 0 bridgehead atoms. The van der Waals surface area contributed by atoms with Crippen molar-refractivity contribution in [3.8, 4) is 17.9 Å². The Labute approximate surface area is 120 Å². The molecule has 0 aliphatic heterocycles. The third-order valence-corrected chi connectivity index (χ3v) is 3.05. The maximum Gasteiger partial charge on any atom is 0.0992 e. The van der Waals surface area contributed by atoms with Gasteiger partial charge in [-0.2, -0.15) is 5.26 Å². The van der Waals surface area contributed by atoms with Crippen LogP contribution in [0.25, 0.3) is 0 Å². The molecular weight excluding hydrogens is 242 g/mol. The van der Waals surface area contributed by atoms with Crippen molar-refractivity contribution in [2.45, 2.75) is 26.2 Å². The summed E-state index contributed by atoms with van der Waals surface area (Å²) in [5.41, 5.74) is 3.67. The van der Waals surface area contributed by atoms with Gasteiger partial charge in [-0.15, -0.1) is 0 Å². The van der Waals surface area contributed by atoms with Crippen LogP contribution in [0.5, 0.6) is 0 Å². The van der Waals surface area contributed by atoms with E-state index in [1.165, 1.54) is 0 Å². The molecule has 0 unspecified atom stereocenters. The molecule has 0 aliphatic rings. The fraction of sp³-hybridized carbons (Fsp3) is 0.211. The van der Waals surface area contributed by atoms with E-state index < -0.39 is 0 Å². The van der Waals surface area contributed by atoms with E-state index >= 15 is 0 Å². The molecule has 0 saturated carbocycles. The Morgan fingerprint density at radius 1 is 0.800 bits per heavy atom. The van der Waals surface area contributed by atoms with E-state index in [4.69, 9.17) is 5.26 Å². The highest BCUT2D eigenvalue weighted by Crippen LogP contribution is 2.24. The van der Waals surface area contributed by atoms with E-state index in [9.17, 15) is 0 Å². The maximum atomic E-state index is 9.14. The van der Waals surface area contributed by atoms with E-state index in [1.807, 2.05) is 42.5 Å². The summed E-state index contributed by atoms with van der Waals surface area (Å²) in [5, 5.41) is 9.14. The Balaban J connectivity index is 2.43. The number of nitriles is 1. The first-order valence-corrected chi connectivity index (χ1v) is 6.62. The lowest BCUT2D eigenvalue weighted by atomic mass is 9.85. The summed E-state index contributed by atoms with van der Waals surface area (Å²) in [6, 6.07) is 17.9. The van der Waals surface area contributed by atoms with Gasteiger partial charge in [0.1, 0.15) is 0 Å². The lowest BCUT2D eigenvalue weighted by Gasteiger charge is -2.19.